The quantitative estimate of drug-likeness (QED) is 0.0243. The van der Waals surface area contributed by atoms with Gasteiger partial charge in [0.1, 0.15) is 13.2 Å². The number of allylic oxidation sites excluding steroid dienone is 9. The van der Waals surface area contributed by atoms with Gasteiger partial charge in [0.2, 0.25) is 5.91 Å². The Balaban J connectivity index is 4.23. The lowest BCUT2D eigenvalue weighted by Gasteiger charge is -2.25. The standard InChI is InChI=1S/C61H115N2O6P/c1-6-8-10-12-14-16-18-20-22-24-26-27-28-29-30-31-32-33-34-35-37-38-40-42-44-46-48-50-52-54-60(64)59(58-69-70(66,67)68-57-56-63(3,4)5)62-61(65)55-53-51-49-47-45-43-41-39-36-25-23-21-19-17-15-13-11-9-7-2/h15,17,21,23,36,39,44,46,52,54,59-60,64H,6-14,16,18-20,22,24-35,37-38,40-43,45,47-51,53,55-58H2,1-5H3,(H-,62,65,66,67)/p+1/b17-15-,23-21-,39-36-,46-44+,54-52+. The van der Waals surface area contributed by atoms with Crippen LogP contribution in [0.2, 0.25) is 0 Å². The minimum atomic E-state index is -4.36. The van der Waals surface area contributed by atoms with Crippen molar-refractivity contribution in [3.05, 3.63) is 60.8 Å². The number of aliphatic hydroxyl groups excluding tert-OH is 1. The molecule has 410 valence electrons. The number of rotatable bonds is 54. The fraction of sp³-hybridized carbons (Fsp3) is 0.820. The van der Waals surface area contributed by atoms with Gasteiger partial charge in [0, 0.05) is 6.42 Å². The van der Waals surface area contributed by atoms with Crippen LogP contribution in [0.15, 0.2) is 60.8 Å². The number of quaternary nitrogens is 1. The largest absolute Gasteiger partial charge is 0.472 e. The highest BCUT2D eigenvalue weighted by Crippen LogP contribution is 2.43. The van der Waals surface area contributed by atoms with E-state index in [-0.39, 0.29) is 19.1 Å². The van der Waals surface area contributed by atoms with Crippen LogP contribution in [0.4, 0.5) is 0 Å². The Morgan fingerprint density at radius 3 is 1.27 bits per heavy atom. The van der Waals surface area contributed by atoms with Gasteiger partial charge in [-0.2, -0.15) is 0 Å². The second-order valence-corrected chi connectivity index (χ2v) is 22.8. The number of amides is 1. The second kappa shape index (κ2) is 52.1. The van der Waals surface area contributed by atoms with E-state index in [1.165, 1.54) is 186 Å². The van der Waals surface area contributed by atoms with E-state index >= 15 is 0 Å². The molecule has 0 aromatic carbocycles. The first-order valence-corrected chi connectivity index (χ1v) is 31.2. The lowest BCUT2D eigenvalue weighted by Crippen LogP contribution is -2.45. The SMILES string of the molecule is CCCCC/C=C\C/C=C\C/C=C\CCCCCCCCC(=O)NC(COP(=O)(O)OCC[N+](C)(C)C)C(O)/C=C/CC/C=C/CCCCCCCCCCCCCCCCCCCCCCCCC. The molecule has 0 radical (unpaired) electrons. The van der Waals surface area contributed by atoms with Gasteiger partial charge in [0.25, 0.3) is 0 Å². The molecule has 0 aliphatic carbocycles. The number of carbonyl (C=O) groups is 1. The van der Waals surface area contributed by atoms with E-state index in [1.54, 1.807) is 6.08 Å². The molecule has 70 heavy (non-hydrogen) atoms. The van der Waals surface area contributed by atoms with Gasteiger partial charge in [-0.3, -0.25) is 13.8 Å². The van der Waals surface area contributed by atoms with Crippen LogP contribution in [0.5, 0.6) is 0 Å². The van der Waals surface area contributed by atoms with Gasteiger partial charge in [-0.05, 0) is 70.6 Å². The van der Waals surface area contributed by atoms with Crippen molar-refractivity contribution in [1.82, 2.24) is 5.32 Å². The average molecular weight is 1000 g/mol. The summed E-state index contributed by atoms with van der Waals surface area (Å²) in [5.74, 6) is -0.199. The fourth-order valence-corrected chi connectivity index (χ4v) is 9.27. The van der Waals surface area contributed by atoms with Crippen molar-refractivity contribution in [3.8, 4) is 0 Å². The highest BCUT2D eigenvalue weighted by atomic mass is 31.2. The van der Waals surface area contributed by atoms with Crippen LogP contribution in [0.25, 0.3) is 0 Å². The molecule has 0 aromatic heterocycles. The lowest BCUT2D eigenvalue weighted by atomic mass is 10.0. The Kier molecular flexibility index (Phi) is 50.7. The van der Waals surface area contributed by atoms with Gasteiger partial charge in [-0.1, -0.05) is 254 Å². The molecule has 0 saturated heterocycles. The molecular formula is C61H116N2O6P+. The van der Waals surface area contributed by atoms with Gasteiger partial charge < -0.3 is 19.8 Å². The Labute approximate surface area is 434 Å². The van der Waals surface area contributed by atoms with E-state index in [9.17, 15) is 19.4 Å². The van der Waals surface area contributed by atoms with Crippen LogP contribution in [0, 0.1) is 0 Å². The Bertz CT molecular complexity index is 1320. The van der Waals surface area contributed by atoms with Gasteiger partial charge in [0.15, 0.2) is 0 Å². The maximum absolute atomic E-state index is 13.0. The number of phosphoric ester groups is 1. The molecule has 0 aromatic rings. The maximum Gasteiger partial charge on any atom is 0.472 e. The second-order valence-electron chi connectivity index (χ2n) is 21.4. The van der Waals surface area contributed by atoms with Crippen molar-refractivity contribution < 1.29 is 32.9 Å². The van der Waals surface area contributed by atoms with Crippen molar-refractivity contribution >= 4 is 13.7 Å². The number of nitrogens with zero attached hydrogens (tertiary/aromatic N) is 1. The number of phosphoric acid groups is 1. The summed E-state index contributed by atoms with van der Waals surface area (Å²) in [7, 11) is 1.54. The molecule has 0 rings (SSSR count). The number of hydrogen-bond donors (Lipinski definition) is 3. The normalized spacial score (nSPS) is 14.3. The molecule has 8 nitrogen and oxygen atoms in total. The Hall–Kier alpha value is -1.80. The van der Waals surface area contributed by atoms with E-state index in [0.29, 0.717) is 17.4 Å². The van der Waals surface area contributed by atoms with E-state index < -0.39 is 20.0 Å². The topological polar surface area (TPSA) is 105 Å². The third-order valence-electron chi connectivity index (χ3n) is 13.2. The van der Waals surface area contributed by atoms with Crippen molar-refractivity contribution in [2.45, 2.75) is 283 Å². The fourth-order valence-electron chi connectivity index (χ4n) is 8.54. The van der Waals surface area contributed by atoms with Crippen molar-refractivity contribution in [2.75, 3.05) is 40.9 Å². The molecule has 0 saturated carbocycles. The molecular weight excluding hydrogens is 888 g/mol. The molecule has 3 atom stereocenters. The van der Waals surface area contributed by atoms with E-state index in [0.717, 1.165) is 64.2 Å². The van der Waals surface area contributed by atoms with Crippen LogP contribution < -0.4 is 5.32 Å². The summed E-state index contributed by atoms with van der Waals surface area (Å²) in [5, 5.41) is 13.9. The first-order valence-electron chi connectivity index (χ1n) is 29.7. The van der Waals surface area contributed by atoms with Crippen molar-refractivity contribution in [3.63, 3.8) is 0 Å². The minimum absolute atomic E-state index is 0.0514. The van der Waals surface area contributed by atoms with E-state index in [2.05, 4.69) is 67.8 Å². The lowest BCUT2D eigenvalue weighted by molar-refractivity contribution is -0.870. The van der Waals surface area contributed by atoms with Crippen LogP contribution in [0.1, 0.15) is 271 Å². The molecule has 9 heteroatoms. The maximum atomic E-state index is 13.0. The summed E-state index contributed by atoms with van der Waals surface area (Å²) in [6.45, 7) is 4.78. The summed E-state index contributed by atoms with van der Waals surface area (Å²) >= 11 is 0. The van der Waals surface area contributed by atoms with Crippen LogP contribution in [0.3, 0.4) is 0 Å². The number of nitrogens with one attached hydrogen (secondary N) is 1. The number of likely N-dealkylation sites (N-methyl/N-ethyl adjacent to an activating group) is 1. The van der Waals surface area contributed by atoms with Gasteiger partial charge >= 0.3 is 7.82 Å². The zero-order valence-corrected chi connectivity index (χ0v) is 47.7. The summed E-state index contributed by atoms with van der Waals surface area (Å²) in [6.07, 6.45) is 70.5. The molecule has 0 aliphatic rings. The third kappa shape index (κ3) is 54.0. The predicted octanol–water partition coefficient (Wildman–Crippen LogP) is 18.1. The Morgan fingerprint density at radius 1 is 0.486 bits per heavy atom. The molecule has 0 fully saturated rings. The third-order valence-corrected chi connectivity index (χ3v) is 14.2. The van der Waals surface area contributed by atoms with Crippen LogP contribution in [-0.4, -0.2) is 73.4 Å². The summed E-state index contributed by atoms with van der Waals surface area (Å²) < 4.78 is 23.7. The number of hydrogen-bond acceptors (Lipinski definition) is 5. The molecule has 1 amide bonds. The summed E-state index contributed by atoms with van der Waals surface area (Å²) in [5.41, 5.74) is 0. The molecule has 0 aliphatic heterocycles. The van der Waals surface area contributed by atoms with Crippen molar-refractivity contribution in [1.29, 1.82) is 0 Å². The van der Waals surface area contributed by atoms with Crippen LogP contribution in [-0.2, 0) is 18.4 Å². The van der Waals surface area contributed by atoms with E-state index in [1.807, 2.05) is 27.2 Å². The van der Waals surface area contributed by atoms with Gasteiger partial charge in [-0.15, -0.1) is 0 Å². The zero-order chi connectivity index (χ0) is 51.3. The zero-order valence-electron chi connectivity index (χ0n) is 46.8. The summed E-state index contributed by atoms with van der Waals surface area (Å²) in [4.78, 5) is 23.3. The smallest absolute Gasteiger partial charge is 0.387 e. The highest BCUT2D eigenvalue weighted by Gasteiger charge is 2.27. The van der Waals surface area contributed by atoms with Crippen molar-refractivity contribution in [2.24, 2.45) is 0 Å². The summed E-state index contributed by atoms with van der Waals surface area (Å²) in [6, 6.07) is -0.874. The Morgan fingerprint density at radius 2 is 0.829 bits per heavy atom. The van der Waals surface area contributed by atoms with E-state index in [4.69, 9.17) is 9.05 Å². The number of unbranched alkanes of at least 4 members (excludes halogenated alkanes) is 33. The molecule has 0 heterocycles. The molecule has 0 spiro atoms. The number of carbonyl (C=O) groups excluding carboxylic acids is 1. The first kappa shape index (κ1) is 68.2. The van der Waals surface area contributed by atoms with Gasteiger partial charge in [0.05, 0.1) is 39.9 Å². The highest BCUT2D eigenvalue weighted by molar-refractivity contribution is 7.47. The molecule has 3 unspecified atom stereocenters. The predicted molar refractivity (Wildman–Crippen MR) is 304 cm³/mol. The van der Waals surface area contributed by atoms with Gasteiger partial charge in [-0.25, -0.2) is 4.57 Å². The average Bonchev–Trinajstić information content (AvgIpc) is 3.32. The molecule has 3 N–H and O–H groups in total. The minimum Gasteiger partial charge on any atom is -0.387 e. The monoisotopic (exact) mass is 1000 g/mol. The first-order chi connectivity index (χ1) is 34.0. The van der Waals surface area contributed by atoms with Crippen LogP contribution >= 0.6 is 7.82 Å². The molecule has 0 bridgehead atoms. The number of aliphatic hydroxyl groups is 1.